The zero-order chi connectivity index (χ0) is 14.8. The van der Waals surface area contributed by atoms with Crippen LogP contribution in [0.15, 0.2) is 18.2 Å². The summed E-state index contributed by atoms with van der Waals surface area (Å²) in [4.78, 5) is 15.8. The summed E-state index contributed by atoms with van der Waals surface area (Å²) in [5, 5.41) is 3.81. The van der Waals surface area contributed by atoms with Crippen molar-refractivity contribution in [2.45, 2.75) is 25.9 Å². The van der Waals surface area contributed by atoms with E-state index in [1.165, 1.54) is 0 Å². The van der Waals surface area contributed by atoms with Gasteiger partial charge in [-0.2, -0.15) is 0 Å². The molecule has 5 nitrogen and oxygen atoms in total. The second-order valence-corrected chi connectivity index (χ2v) is 5.35. The van der Waals surface area contributed by atoms with Gasteiger partial charge in [0.05, 0.1) is 29.7 Å². The van der Waals surface area contributed by atoms with E-state index in [0.717, 1.165) is 36.0 Å². The van der Waals surface area contributed by atoms with E-state index in [-0.39, 0.29) is 12.0 Å². The number of aromatic nitrogens is 1. The molecule has 2 heterocycles. The van der Waals surface area contributed by atoms with E-state index >= 15 is 0 Å². The van der Waals surface area contributed by atoms with Gasteiger partial charge < -0.3 is 19.8 Å². The van der Waals surface area contributed by atoms with Gasteiger partial charge in [-0.3, -0.25) is 4.79 Å². The van der Waals surface area contributed by atoms with Crippen LogP contribution in [0.3, 0.4) is 0 Å². The Kier molecular flexibility index (Phi) is 3.84. The maximum atomic E-state index is 12.5. The van der Waals surface area contributed by atoms with Crippen molar-refractivity contribution < 1.29 is 14.3 Å². The molecule has 21 heavy (non-hydrogen) atoms. The Morgan fingerprint density at radius 3 is 3.10 bits per heavy atom. The number of benzene rings is 1. The molecule has 1 fully saturated rings. The highest BCUT2D eigenvalue weighted by atomic mass is 16.5. The Bertz CT molecular complexity index is 657. The number of aromatic amines is 1. The fraction of sp³-hybridized carbons (Fsp3) is 0.438. The standard InChI is InChI=1S/C16H20N2O3/c1-10-14(16(19)17-9-11-5-4-8-21-11)15-12(18-10)6-3-7-13(15)20-2/h3,6-7,11,18H,4-5,8-9H2,1-2H3,(H,17,19). The van der Waals surface area contributed by atoms with Crippen molar-refractivity contribution in [2.24, 2.45) is 0 Å². The minimum absolute atomic E-state index is 0.0845. The SMILES string of the molecule is COc1cccc2[nH]c(C)c(C(=O)NCC3CCCO3)c12. The average Bonchev–Trinajstić information content (AvgIpc) is 3.10. The molecule has 1 aromatic heterocycles. The molecule has 1 amide bonds. The molecular formula is C16H20N2O3. The highest BCUT2D eigenvalue weighted by molar-refractivity contribution is 6.10. The van der Waals surface area contributed by atoms with Crippen LogP contribution in [0.1, 0.15) is 28.9 Å². The average molecular weight is 288 g/mol. The summed E-state index contributed by atoms with van der Waals surface area (Å²) in [5.41, 5.74) is 2.41. The van der Waals surface area contributed by atoms with Gasteiger partial charge in [-0.1, -0.05) is 6.07 Å². The minimum atomic E-state index is -0.0845. The predicted molar refractivity (Wildman–Crippen MR) is 80.9 cm³/mol. The van der Waals surface area contributed by atoms with Crippen molar-refractivity contribution in [2.75, 3.05) is 20.3 Å². The van der Waals surface area contributed by atoms with Crippen LogP contribution in [-0.2, 0) is 4.74 Å². The lowest BCUT2D eigenvalue weighted by atomic mass is 10.1. The van der Waals surface area contributed by atoms with Gasteiger partial charge in [-0.05, 0) is 31.9 Å². The van der Waals surface area contributed by atoms with E-state index in [0.29, 0.717) is 17.9 Å². The summed E-state index contributed by atoms with van der Waals surface area (Å²) < 4.78 is 10.9. The number of carbonyl (C=O) groups excluding carboxylic acids is 1. The molecule has 0 bridgehead atoms. The minimum Gasteiger partial charge on any atom is -0.496 e. The number of carbonyl (C=O) groups is 1. The molecule has 1 saturated heterocycles. The molecule has 0 radical (unpaired) electrons. The number of rotatable bonds is 4. The number of fused-ring (bicyclic) bond motifs is 1. The third-order valence-corrected chi connectivity index (χ3v) is 3.93. The predicted octanol–water partition coefficient (Wildman–Crippen LogP) is 2.39. The molecule has 0 saturated carbocycles. The van der Waals surface area contributed by atoms with Gasteiger partial charge in [-0.25, -0.2) is 0 Å². The van der Waals surface area contributed by atoms with Crippen molar-refractivity contribution in [1.82, 2.24) is 10.3 Å². The monoisotopic (exact) mass is 288 g/mol. The Morgan fingerprint density at radius 2 is 2.38 bits per heavy atom. The molecule has 1 aliphatic rings. The lowest BCUT2D eigenvalue weighted by Crippen LogP contribution is -2.32. The Labute approximate surface area is 123 Å². The van der Waals surface area contributed by atoms with E-state index < -0.39 is 0 Å². The van der Waals surface area contributed by atoms with E-state index in [4.69, 9.17) is 9.47 Å². The van der Waals surface area contributed by atoms with Crippen LogP contribution in [0.2, 0.25) is 0 Å². The first-order chi connectivity index (χ1) is 10.2. The number of aryl methyl sites for hydroxylation is 1. The second-order valence-electron chi connectivity index (χ2n) is 5.35. The van der Waals surface area contributed by atoms with Crippen molar-refractivity contribution in [3.63, 3.8) is 0 Å². The number of ether oxygens (including phenoxy) is 2. The van der Waals surface area contributed by atoms with Crippen molar-refractivity contribution in [3.8, 4) is 5.75 Å². The molecule has 1 aromatic carbocycles. The number of methoxy groups -OCH3 is 1. The third kappa shape index (κ3) is 2.61. The van der Waals surface area contributed by atoms with Gasteiger partial charge in [0.2, 0.25) is 0 Å². The second kappa shape index (κ2) is 5.77. The van der Waals surface area contributed by atoms with Crippen LogP contribution in [0.4, 0.5) is 0 Å². The Balaban J connectivity index is 1.87. The van der Waals surface area contributed by atoms with Gasteiger partial charge in [-0.15, -0.1) is 0 Å². The van der Waals surface area contributed by atoms with Crippen molar-refractivity contribution in [3.05, 3.63) is 29.5 Å². The van der Waals surface area contributed by atoms with Crippen LogP contribution >= 0.6 is 0 Å². The lowest BCUT2D eigenvalue weighted by molar-refractivity contribution is 0.0858. The number of H-pyrrole nitrogens is 1. The van der Waals surface area contributed by atoms with E-state index in [9.17, 15) is 4.79 Å². The summed E-state index contributed by atoms with van der Waals surface area (Å²) in [5.74, 6) is 0.623. The van der Waals surface area contributed by atoms with Crippen LogP contribution in [0.5, 0.6) is 5.75 Å². The maximum absolute atomic E-state index is 12.5. The molecule has 1 atom stereocenters. The van der Waals surface area contributed by atoms with Gasteiger partial charge in [0, 0.05) is 18.8 Å². The van der Waals surface area contributed by atoms with Gasteiger partial charge >= 0.3 is 0 Å². The van der Waals surface area contributed by atoms with E-state index in [1.807, 2.05) is 25.1 Å². The van der Waals surface area contributed by atoms with Crippen molar-refractivity contribution in [1.29, 1.82) is 0 Å². The zero-order valence-electron chi connectivity index (χ0n) is 12.4. The van der Waals surface area contributed by atoms with Crippen LogP contribution < -0.4 is 10.1 Å². The molecule has 1 aliphatic heterocycles. The number of hydrogen-bond acceptors (Lipinski definition) is 3. The fourth-order valence-electron chi connectivity index (χ4n) is 2.90. The van der Waals surface area contributed by atoms with Gasteiger partial charge in [0.1, 0.15) is 5.75 Å². The van der Waals surface area contributed by atoms with Crippen LogP contribution in [0.25, 0.3) is 10.9 Å². The highest BCUT2D eigenvalue weighted by Gasteiger charge is 2.21. The van der Waals surface area contributed by atoms with Crippen molar-refractivity contribution >= 4 is 16.8 Å². The molecule has 0 spiro atoms. The molecule has 112 valence electrons. The Hall–Kier alpha value is -2.01. The smallest absolute Gasteiger partial charge is 0.253 e. The molecule has 0 aliphatic carbocycles. The van der Waals surface area contributed by atoms with E-state index in [1.54, 1.807) is 7.11 Å². The molecule has 5 heteroatoms. The normalized spacial score (nSPS) is 18.1. The zero-order valence-corrected chi connectivity index (χ0v) is 12.4. The summed E-state index contributed by atoms with van der Waals surface area (Å²) in [7, 11) is 1.62. The van der Waals surface area contributed by atoms with Crippen LogP contribution in [-0.4, -0.2) is 37.3 Å². The first-order valence-electron chi connectivity index (χ1n) is 7.25. The summed E-state index contributed by atoms with van der Waals surface area (Å²) in [6.45, 7) is 3.25. The summed E-state index contributed by atoms with van der Waals surface area (Å²) in [6.07, 6.45) is 2.22. The maximum Gasteiger partial charge on any atom is 0.253 e. The number of amides is 1. The van der Waals surface area contributed by atoms with E-state index in [2.05, 4.69) is 10.3 Å². The first kappa shape index (κ1) is 13.9. The third-order valence-electron chi connectivity index (χ3n) is 3.93. The first-order valence-corrected chi connectivity index (χ1v) is 7.25. The highest BCUT2D eigenvalue weighted by Crippen LogP contribution is 2.30. The largest absolute Gasteiger partial charge is 0.496 e. The molecule has 3 rings (SSSR count). The number of hydrogen-bond donors (Lipinski definition) is 2. The number of nitrogens with one attached hydrogen (secondary N) is 2. The van der Waals surface area contributed by atoms with Gasteiger partial charge in [0.15, 0.2) is 0 Å². The fourth-order valence-corrected chi connectivity index (χ4v) is 2.90. The molecule has 1 unspecified atom stereocenters. The Morgan fingerprint density at radius 1 is 1.52 bits per heavy atom. The van der Waals surface area contributed by atoms with Crippen LogP contribution in [0, 0.1) is 6.92 Å². The molecule has 2 N–H and O–H groups in total. The molecule has 2 aromatic rings. The molecular weight excluding hydrogens is 268 g/mol. The van der Waals surface area contributed by atoms with Gasteiger partial charge in [0.25, 0.3) is 5.91 Å². The lowest BCUT2D eigenvalue weighted by Gasteiger charge is -2.11. The summed E-state index contributed by atoms with van der Waals surface area (Å²) in [6, 6.07) is 5.72. The summed E-state index contributed by atoms with van der Waals surface area (Å²) >= 11 is 0. The topological polar surface area (TPSA) is 63.4 Å². The quantitative estimate of drug-likeness (QED) is 0.908.